The lowest BCUT2D eigenvalue weighted by Gasteiger charge is -2.21. The summed E-state index contributed by atoms with van der Waals surface area (Å²) >= 11 is 0. The molecule has 2 heterocycles. The number of rotatable bonds is 5. The van der Waals surface area contributed by atoms with Gasteiger partial charge in [-0.3, -0.25) is 0 Å². The van der Waals surface area contributed by atoms with E-state index in [4.69, 9.17) is 4.42 Å². The van der Waals surface area contributed by atoms with Crippen molar-refractivity contribution in [3.05, 3.63) is 59.7 Å². The van der Waals surface area contributed by atoms with Gasteiger partial charge in [0.2, 0.25) is 0 Å². The lowest BCUT2D eigenvalue weighted by atomic mass is 10.0. The van der Waals surface area contributed by atoms with E-state index in [2.05, 4.69) is 28.5 Å². The van der Waals surface area contributed by atoms with Gasteiger partial charge in [0.1, 0.15) is 17.1 Å². The van der Waals surface area contributed by atoms with Crippen molar-refractivity contribution in [2.75, 3.05) is 6.54 Å². The molecule has 0 aliphatic carbocycles. The van der Waals surface area contributed by atoms with Crippen LogP contribution in [0.4, 0.5) is 0 Å². The van der Waals surface area contributed by atoms with Crippen molar-refractivity contribution in [2.24, 2.45) is 0 Å². The number of aromatic nitrogens is 1. The predicted octanol–water partition coefficient (Wildman–Crippen LogP) is 3.07. The molecule has 1 atom stereocenters. The summed E-state index contributed by atoms with van der Waals surface area (Å²) in [6.07, 6.45) is 1.94. The van der Waals surface area contributed by atoms with Crippen molar-refractivity contribution >= 4 is 10.9 Å². The van der Waals surface area contributed by atoms with E-state index < -0.39 is 5.60 Å². The maximum Gasteiger partial charge on any atom is 0.136 e. The van der Waals surface area contributed by atoms with Gasteiger partial charge in [0.25, 0.3) is 0 Å². The summed E-state index contributed by atoms with van der Waals surface area (Å²) in [6.45, 7) is 4.76. The third kappa shape index (κ3) is 2.86. The fourth-order valence-corrected chi connectivity index (χ4v) is 2.56. The first-order chi connectivity index (χ1) is 10.1. The zero-order valence-corrected chi connectivity index (χ0v) is 12.3. The molecule has 2 aromatic heterocycles. The maximum absolute atomic E-state index is 10.5. The molecule has 0 saturated carbocycles. The lowest BCUT2D eigenvalue weighted by Crippen LogP contribution is -2.34. The van der Waals surface area contributed by atoms with Crippen molar-refractivity contribution in [3.63, 3.8) is 0 Å². The molecule has 4 nitrogen and oxygen atoms in total. The summed E-state index contributed by atoms with van der Waals surface area (Å²) in [6, 6.07) is 11.9. The van der Waals surface area contributed by atoms with Gasteiger partial charge in [-0.05, 0) is 43.7 Å². The number of aryl methyl sites for hydroxylation is 1. The van der Waals surface area contributed by atoms with Crippen LogP contribution in [0.25, 0.3) is 10.9 Å². The summed E-state index contributed by atoms with van der Waals surface area (Å²) in [5, 5.41) is 15.0. The molecule has 3 aromatic rings. The molecular weight excluding hydrogens is 264 g/mol. The topological polar surface area (TPSA) is 61.2 Å². The number of hydrogen-bond acceptors (Lipinski definition) is 3. The highest BCUT2D eigenvalue weighted by Crippen LogP contribution is 2.22. The van der Waals surface area contributed by atoms with Crippen molar-refractivity contribution in [3.8, 4) is 0 Å². The average Bonchev–Trinajstić information content (AvgIpc) is 3.07. The highest BCUT2D eigenvalue weighted by molar-refractivity contribution is 5.82. The molecule has 0 radical (unpaired) electrons. The van der Waals surface area contributed by atoms with Gasteiger partial charge in [-0.15, -0.1) is 0 Å². The van der Waals surface area contributed by atoms with Crippen LogP contribution in [0.5, 0.6) is 0 Å². The van der Waals surface area contributed by atoms with Gasteiger partial charge in [-0.2, -0.15) is 0 Å². The number of furan rings is 1. The van der Waals surface area contributed by atoms with Crippen LogP contribution in [0, 0.1) is 6.92 Å². The Balaban J connectivity index is 1.67. The normalized spacial score (nSPS) is 14.4. The first kappa shape index (κ1) is 13.9. The van der Waals surface area contributed by atoms with E-state index in [9.17, 15) is 5.11 Å². The molecule has 21 heavy (non-hydrogen) atoms. The van der Waals surface area contributed by atoms with Gasteiger partial charge in [0.15, 0.2) is 0 Å². The Hall–Kier alpha value is -2.04. The summed E-state index contributed by atoms with van der Waals surface area (Å²) in [5.41, 5.74) is 1.32. The molecule has 110 valence electrons. The van der Waals surface area contributed by atoms with Gasteiger partial charge in [0.05, 0.1) is 0 Å². The SMILES string of the molecule is Cc1ccc(C(C)(O)CNCc2cccc3[nH]ccc23)o1. The number of aromatic amines is 1. The Labute approximate surface area is 123 Å². The molecular formula is C17H20N2O2. The minimum Gasteiger partial charge on any atom is -0.463 e. The predicted molar refractivity (Wildman–Crippen MR) is 83.0 cm³/mol. The zero-order valence-electron chi connectivity index (χ0n) is 12.3. The van der Waals surface area contributed by atoms with Crippen molar-refractivity contribution in [2.45, 2.75) is 26.0 Å². The molecule has 0 spiro atoms. The summed E-state index contributed by atoms with van der Waals surface area (Å²) in [7, 11) is 0. The van der Waals surface area contributed by atoms with Crippen LogP contribution in [0.3, 0.4) is 0 Å². The fourth-order valence-electron chi connectivity index (χ4n) is 2.56. The number of H-pyrrole nitrogens is 1. The zero-order chi connectivity index (χ0) is 14.9. The Morgan fingerprint density at radius 3 is 2.86 bits per heavy atom. The van der Waals surface area contributed by atoms with Crippen LogP contribution >= 0.6 is 0 Å². The molecule has 0 aliphatic rings. The molecule has 0 saturated heterocycles. The molecule has 0 bridgehead atoms. The average molecular weight is 284 g/mol. The second-order valence-electron chi connectivity index (χ2n) is 5.64. The minimum atomic E-state index is -1.01. The molecule has 0 amide bonds. The first-order valence-electron chi connectivity index (χ1n) is 7.11. The van der Waals surface area contributed by atoms with E-state index >= 15 is 0 Å². The molecule has 3 N–H and O–H groups in total. The number of hydrogen-bond donors (Lipinski definition) is 3. The summed E-state index contributed by atoms with van der Waals surface area (Å²) < 4.78 is 5.51. The minimum absolute atomic E-state index is 0.431. The second-order valence-corrected chi connectivity index (χ2v) is 5.64. The van der Waals surface area contributed by atoms with Crippen molar-refractivity contribution in [1.29, 1.82) is 0 Å². The standard InChI is InChI=1S/C17H20N2O2/c1-12-6-7-16(21-12)17(2,20)11-18-10-13-4-3-5-15-14(13)8-9-19-15/h3-9,18-20H,10-11H2,1-2H3. The van der Waals surface area contributed by atoms with Crippen LogP contribution in [0.1, 0.15) is 24.0 Å². The number of nitrogens with one attached hydrogen (secondary N) is 2. The monoisotopic (exact) mass is 284 g/mol. The molecule has 3 rings (SSSR count). The van der Waals surface area contributed by atoms with Gasteiger partial charge in [-0.25, -0.2) is 0 Å². The quantitative estimate of drug-likeness (QED) is 0.675. The van der Waals surface area contributed by atoms with E-state index in [1.165, 1.54) is 10.9 Å². The Kier molecular flexibility index (Phi) is 3.57. The third-order valence-electron chi connectivity index (χ3n) is 3.74. The van der Waals surface area contributed by atoms with Crippen LogP contribution in [-0.4, -0.2) is 16.6 Å². The molecule has 1 unspecified atom stereocenters. The molecule has 1 aromatic carbocycles. The van der Waals surface area contributed by atoms with E-state index in [0.29, 0.717) is 18.8 Å². The van der Waals surface area contributed by atoms with Crippen LogP contribution in [0.15, 0.2) is 47.0 Å². The van der Waals surface area contributed by atoms with Gasteiger partial charge < -0.3 is 19.8 Å². The van der Waals surface area contributed by atoms with Gasteiger partial charge in [-0.1, -0.05) is 12.1 Å². The van der Waals surface area contributed by atoms with Crippen LogP contribution in [-0.2, 0) is 12.1 Å². The van der Waals surface area contributed by atoms with E-state index in [1.54, 1.807) is 6.92 Å². The highest BCUT2D eigenvalue weighted by atomic mass is 16.4. The van der Waals surface area contributed by atoms with Crippen molar-refractivity contribution in [1.82, 2.24) is 10.3 Å². The maximum atomic E-state index is 10.5. The molecule has 4 heteroatoms. The van der Waals surface area contributed by atoms with Gasteiger partial charge in [0, 0.05) is 30.2 Å². The van der Waals surface area contributed by atoms with Crippen LogP contribution in [0.2, 0.25) is 0 Å². The Morgan fingerprint density at radius 2 is 2.10 bits per heavy atom. The van der Waals surface area contributed by atoms with Crippen LogP contribution < -0.4 is 5.32 Å². The number of benzene rings is 1. The third-order valence-corrected chi connectivity index (χ3v) is 3.74. The molecule has 0 fully saturated rings. The first-order valence-corrected chi connectivity index (χ1v) is 7.11. The fraction of sp³-hybridized carbons (Fsp3) is 0.294. The Bertz CT molecular complexity index is 740. The Morgan fingerprint density at radius 1 is 1.24 bits per heavy atom. The summed E-state index contributed by atoms with van der Waals surface area (Å²) in [5.74, 6) is 1.40. The van der Waals surface area contributed by atoms with E-state index in [1.807, 2.05) is 31.3 Å². The van der Waals surface area contributed by atoms with Crippen molar-refractivity contribution < 1.29 is 9.52 Å². The number of fused-ring (bicyclic) bond motifs is 1. The van der Waals surface area contributed by atoms with E-state index in [-0.39, 0.29) is 0 Å². The van der Waals surface area contributed by atoms with E-state index in [0.717, 1.165) is 11.3 Å². The lowest BCUT2D eigenvalue weighted by molar-refractivity contribution is 0.0333. The summed E-state index contributed by atoms with van der Waals surface area (Å²) in [4.78, 5) is 3.20. The molecule has 0 aliphatic heterocycles. The van der Waals surface area contributed by atoms with Gasteiger partial charge >= 0.3 is 0 Å². The second kappa shape index (κ2) is 5.39. The largest absolute Gasteiger partial charge is 0.463 e. The smallest absolute Gasteiger partial charge is 0.136 e. The highest BCUT2D eigenvalue weighted by Gasteiger charge is 2.26. The number of aliphatic hydroxyl groups is 1.